The first-order valence-electron chi connectivity index (χ1n) is 9.37. The van der Waals surface area contributed by atoms with Crippen LogP contribution in [0.5, 0.6) is 0 Å². The van der Waals surface area contributed by atoms with Crippen molar-refractivity contribution in [1.82, 2.24) is 4.98 Å². The van der Waals surface area contributed by atoms with E-state index in [0.29, 0.717) is 23.4 Å². The van der Waals surface area contributed by atoms with Crippen LogP contribution in [0.2, 0.25) is 0 Å². The number of nitrogens with one attached hydrogen (secondary N) is 2. The Balaban J connectivity index is 2.10. The minimum atomic E-state index is -4.78. The molecule has 0 saturated heterocycles. The van der Waals surface area contributed by atoms with Gasteiger partial charge in [-0.3, -0.25) is 14.9 Å². The van der Waals surface area contributed by atoms with Crippen molar-refractivity contribution in [2.75, 3.05) is 19.0 Å². The van der Waals surface area contributed by atoms with Crippen molar-refractivity contribution in [2.24, 2.45) is 0 Å². The lowest BCUT2D eigenvalue weighted by Crippen LogP contribution is -2.30. The van der Waals surface area contributed by atoms with Gasteiger partial charge in [-0.2, -0.15) is 13.2 Å². The fraction of sp³-hybridized carbons (Fsp3) is 0.350. The van der Waals surface area contributed by atoms with Gasteiger partial charge < -0.3 is 19.8 Å². The number of ketones is 1. The second kappa shape index (κ2) is 9.71. The average molecular weight is 471 g/mol. The van der Waals surface area contributed by atoms with E-state index < -0.39 is 52.7 Å². The number of hydrogen-bond acceptors (Lipinski definition) is 8. The van der Waals surface area contributed by atoms with E-state index in [1.165, 1.54) is 21.0 Å². The monoisotopic (exact) mass is 471 g/mol. The molecule has 178 valence electrons. The molecule has 1 aromatic heterocycles. The van der Waals surface area contributed by atoms with Crippen LogP contribution >= 0.6 is 0 Å². The van der Waals surface area contributed by atoms with Gasteiger partial charge in [-0.25, -0.2) is 9.59 Å². The molecule has 33 heavy (non-hydrogen) atoms. The van der Waals surface area contributed by atoms with Crippen LogP contribution in [0.15, 0.2) is 18.2 Å². The van der Waals surface area contributed by atoms with E-state index in [0.717, 1.165) is 6.07 Å². The number of aromatic amines is 1. The summed E-state index contributed by atoms with van der Waals surface area (Å²) in [7, 11) is 1.19. The summed E-state index contributed by atoms with van der Waals surface area (Å²) < 4.78 is 48.0. The predicted molar refractivity (Wildman–Crippen MR) is 108 cm³/mol. The second-order valence-electron chi connectivity index (χ2n) is 7.00. The molecular formula is C20H20F3N3O7. The van der Waals surface area contributed by atoms with E-state index in [9.17, 15) is 37.7 Å². The zero-order chi connectivity index (χ0) is 25.1. The summed E-state index contributed by atoms with van der Waals surface area (Å²) in [4.78, 5) is 49.3. The summed E-state index contributed by atoms with van der Waals surface area (Å²) in [6, 6.07) is 0.575. The van der Waals surface area contributed by atoms with Gasteiger partial charge in [-0.05, 0) is 38.5 Å². The standard InChI is InChI=1S/C20H20F3N3O7/c1-9-16(19(29)32-4)10(2)25-17(9)15(27)8-33-18(28)11(3)24-13-6-5-12(20(21,22)23)7-14(13)26(30)31/h5-7,11,24-25H,8H2,1-4H3/t11-/m1/s1. The Morgan fingerprint density at radius 2 is 1.88 bits per heavy atom. The highest BCUT2D eigenvalue weighted by Gasteiger charge is 2.33. The smallest absolute Gasteiger partial charge is 0.416 e. The number of benzene rings is 1. The van der Waals surface area contributed by atoms with Crippen molar-refractivity contribution < 1.29 is 42.0 Å². The molecule has 0 radical (unpaired) electrons. The molecule has 0 spiro atoms. The van der Waals surface area contributed by atoms with Gasteiger partial charge in [0.05, 0.1) is 28.9 Å². The number of carbonyl (C=O) groups excluding carboxylic acids is 3. The van der Waals surface area contributed by atoms with Gasteiger partial charge in [-0.15, -0.1) is 0 Å². The number of methoxy groups -OCH3 is 1. The Morgan fingerprint density at radius 1 is 1.24 bits per heavy atom. The van der Waals surface area contributed by atoms with Crippen molar-refractivity contribution in [3.63, 3.8) is 0 Å². The number of nitrogens with zero attached hydrogens (tertiary/aromatic N) is 1. The van der Waals surface area contributed by atoms with Gasteiger partial charge in [0.15, 0.2) is 6.61 Å². The lowest BCUT2D eigenvalue weighted by Gasteiger charge is -2.15. The molecule has 0 fully saturated rings. The van der Waals surface area contributed by atoms with Crippen LogP contribution < -0.4 is 5.32 Å². The molecule has 0 aliphatic heterocycles. The van der Waals surface area contributed by atoms with Gasteiger partial charge in [0, 0.05) is 11.8 Å². The molecule has 2 aromatic rings. The number of aromatic nitrogens is 1. The first kappa shape index (κ1) is 25.4. The van der Waals surface area contributed by atoms with Gasteiger partial charge in [0.2, 0.25) is 5.78 Å². The molecule has 1 aromatic carbocycles. The van der Waals surface area contributed by atoms with Crippen LogP contribution in [0.1, 0.15) is 44.6 Å². The highest BCUT2D eigenvalue weighted by atomic mass is 19.4. The number of nitro groups is 1. The Bertz CT molecular complexity index is 1110. The number of H-pyrrole nitrogens is 1. The number of nitro benzene ring substituents is 1. The summed E-state index contributed by atoms with van der Waals surface area (Å²) in [5.41, 5.74) is -1.51. The third kappa shape index (κ3) is 5.67. The van der Waals surface area contributed by atoms with Crippen molar-refractivity contribution >= 4 is 29.1 Å². The molecule has 0 amide bonds. The molecule has 1 heterocycles. The van der Waals surface area contributed by atoms with E-state index in [4.69, 9.17) is 4.74 Å². The SMILES string of the molecule is COC(=O)c1c(C)[nH]c(C(=O)COC(=O)[C@@H](C)Nc2ccc(C(F)(F)F)cc2[N+](=O)[O-])c1C. The first-order valence-corrected chi connectivity index (χ1v) is 9.37. The van der Waals surface area contributed by atoms with E-state index in [1.807, 2.05) is 0 Å². The Kier molecular flexibility index (Phi) is 7.46. The van der Waals surface area contributed by atoms with Gasteiger partial charge >= 0.3 is 18.1 Å². The molecule has 0 saturated carbocycles. The Labute approximate surface area is 185 Å². The number of hydrogen-bond donors (Lipinski definition) is 2. The first-order chi connectivity index (χ1) is 15.3. The largest absolute Gasteiger partial charge is 0.465 e. The van der Waals surface area contributed by atoms with E-state index in [2.05, 4.69) is 15.0 Å². The topological polar surface area (TPSA) is 141 Å². The summed E-state index contributed by atoms with van der Waals surface area (Å²) >= 11 is 0. The van der Waals surface area contributed by atoms with Crippen LogP contribution in [-0.2, 0) is 20.4 Å². The number of aryl methyl sites for hydroxylation is 1. The van der Waals surface area contributed by atoms with Gasteiger partial charge in [-0.1, -0.05) is 0 Å². The lowest BCUT2D eigenvalue weighted by molar-refractivity contribution is -0.384. The highest BCUT2D eigenvalue weighted by Crippen LogP contribution is 2.35. The van der Waals surface area contributed by atoms with Crippen molar-refractivity contribution in [1.29, 1.82) is 0 Å². The molecule has 0 aliphatic rings. The Morgan fingerprint density at radius 3 is 2.42 bits per heavy atom. The molecule has 2 N–H and O–H groups in total. The summed E-state index contributed by atoms with van der Waals surface area (Å²) in [6.07, 6.45) is -4.78. The zero-order valence-corrected chi connectivity index (χ0v) is 18.0. The van der Waals surface area contributed by atoms with Crippen LogP contribution in [0.25, 0.3) is 0 Å². The average Bonchev–Trinajstić information content (AvgIpc) is 3.04. The van der Waals surface area contributed by atoms with Gasteiger partial charge in [0.25, 0.3) is 5.69 Å². The number of rotatable bonds is 8. The van der Waals surface area contributed by atoms with Crippen LogP contribution in [0.3, 0.4) is 0 Å². The van der Waals surface area contributed by atoms with Crippen LogP contribution in [-0.4, -0.2) is 47.4 Å². The maximum atomic E-state index is 12.8. The van der Waals surface area contributed by atoms with E-state index in [1.54, 1.807) is 6.92 Å². The quantitative estimate of drug-likeness (QED) is 0.258. The maximum absolute atomic E-state index is 12.8. The number of halogens is 3. The van der Waals surface area contributed by atoms with E-state index in [-0.39, 0.29) is 16.9 Å². The number of ether oxygens (including phenoxy) is 2. The molecule has 0 bridgehead atoms. The molecule has 0 aliphatic carbocycles. The molecular weight excluding hydrogens is 451 g/mol. The van der Waals surface area contributed by atoms with Crippen molar-refractivity contribution in [3.8, 4) is 0 Å². The fourth-order valence-electron chi connectivity index (χ4n) is 3.04. The molecule has 1 atom stereocenters. The second-order valence-corrected chi connectivity index (χ2v) is 7.00. The van der Waals surface area contributed by atoms with Crippen molar-refractivity contribution in [2.45, 2.75) is 33.0 Å². The van der Waals surface area contributed by atoms with Crippen LogP contribution in [0.4, 0.5) is 24.5 Å². The minimum absolute atomic E-state index is 0.0414. The number of anilines is 1. The normalized spacial score (nSPS) is 12.1. The third-order valence-electron chi connectivity index (χ3n) is 4.70. The number of carbonyl (C=O) groups is 3. The predicted octanol–water partition coefficient (Wildman–Crippen LogP) is 3.57. The molecule has 2 rings (SSSR count). The van der Waals surface area contributed by atoms with E-state index >= 15 is 0 Å². The summed E-state index contributed by atoms with van der Waals surface area (Å²) in [5, 5.41) is 13.6. The minimum Gasteiger partial charge on any atom is -0.465 e. The highest BCUT2D eigenvalue weighted by molar-refractivity contribution is 6.02. The third-order valence-corrected chi connectivity index (χ3v) is 4.70. The molecule has 13 heteroatoms. The number of esters is 2. The number of Topliss-reactive ketones (excluding diaryl/α,β-unsaturated/α-hetero) is 1. The molecule has 10 nitrogen and oxygen atoms in total. The number of alkyl halides is 3. The maximum Gasteiger partial charge on any atom is 0.416 e. The zero-order valence-electron chi connectivity index (χ0n) is 18.0. The van der Waals surface area contributed by atoms with Crippen molar-refractivity contribution in [3.05, 3.63) is 56.4 Å². The fourth-order valence-corrected chi connectivity index (χ4v) is 3.04. The van der Waals surface area contributed by atoms with Crippen LogP contribution in [0, 0.1) is 24.0 Å². The van der Waals surface area contributed by atoms with Gasteiger partial charge in [0.1, 0.15) is 11.7 Å². The lowest BCUT2D eigenvalue weighted by atomic mass is 10.1. The molecule has 0 unspecified atom stereocenters. The Hall–Kier alpha value is -3.90. The summed E-state index contributed by atoms with van der Waals surface area (Å²) in [6.45, 7) is 3.62. The summed E-state index contributed by atoms with van der Waals surface area (Å²) in [5.74, 6) is -2.27.